The zero-order chi connectivity index (χ0) is 14.0. The zero-order valence-corrected chi connectivity index (χ0v) is 12.7. The first-order chi connectivity index (χ1) is 9.71. The van der Waals surface area contributed by atoms with Crippen molar-refractivity contribution in [2.75, 3.05) is 19.0 Å². The van der Waals surface area contributed by atoms with Crippen LogP contribution in [-0.4, -0.2) is 25.4 Å². The molecule has 1 aliphatic heterocycles. The van der Waals surface area contributed by atoms with E-state index in [0.29, 0.717) is 6.04 Å². The van der Waals surface area contributed by atoms with E-state index in [-0.39, 0.29) is 5.60 Å². The van der Waals surface area contributed by atoms with Crippen LogP contribution in [0.2, 0.25) is 5.02 Å². The van der Waals surface area contributed by atoms with Crippen LogP contribution in [0.5, 0.6) is 5.75 Å². The van der Waals surface area contributed by atoms with Crippen molar-refractivity contribution in [3.8, 4) is 5.75 Å². The maximum absolute atomic E-state index is 6.27. The molecule has 1 saturated heterocycles. The van der Waals surface area contributed by atoms with Crippen LogP contribution in [0, 0.1) is 0 Å². The number of benzene rings is 1. The molecule has 2 aliphatic rings. The minimum Gasteiger partial charge on any atom is -0.497 e. The van der Waals surface area contributed by atoms with E-state index in [0.717, 1.165) is 35.9 Å². The third kappa shape index (κ3) is 2.89. The number of hydrogen-bond acceptors (Lipinski definition) is 3. The Labute approximate surface area is 125 Å². The van der Waals surface area contributed by atoms with Gasteiger partial charge in [-0.05, 0) is 37.8 Å². The highest BCUT2D eigenvalue weighted by Gasteiger charge is 2.39. The van der Waals surface area contributed by atoms with Gasteiger partial charge in [-0.15, -0.1) is 0 Å². The molecule has 0 amide bonds. The summed E-state index contributed by atoms with van der Waals surface area (Å²) >= 11 is 6.27. The van der Waals surface area contributed by atoms with E-state index in [4.69, 9.17) is 21.1 Å². The van der Waals surface area contributed by atoms with Gasteiger partial charge in [0.05, 0.1) is 23.4 Å². The third-order valence-electron chi connectivity index (χ3n) is 4.54. The number of rotatable bonds is 3. The molecule has 1 aromatic carbocycles. The van der Waals surface area contributed by atoms with Crippen LogP contribution in [0.25, 0.3) is 0 Å². The van der Waals surface area contributed by atoms with Gasteiger partial charge in [0, 0.05) is 18.7 Å². The smallest absolute Gasteiger partial charge is 0.121 e. The van der Waals surface area contributed by atoms with E-state index in [1.165, 1.54) is 25.7 Å². The maximum atomic E-state index is 6.27. The molecule has 3 rings (SSSR count). The minimum absolute atomic E-state index is 0.126. The van der Waals surface area contributed by atoms with Crippen molar-refractivity contribution in [1.82, 2.24) is 0 Å². The average Bonchev–Trinajstić information content (AvgIpc) is 2.89. The summed E-state index contributed by atoms with van der Waals surface area (Å²) in [5.41, 5.74) is 1.09. The Hall–Kier alpha value is -0.930. The first kappa shape index (κ1) is 14.0. The van der Waals surface area contributed by atoms with Gasteiger partial charge in [-0.1, -0.05) is 24.4 Å². The highest BCUT2D eigenvalue weighted by Crippen LogP contribution is 2.41. The molecule has 1 heterocycles. The van der Waals surface area contributed by atoms with Gasteiger partial charge in [0.2, 0.25) is 0 Å². The average molecular weight is 296 g/mol. The van der Waals surface area contributed by atoms with E-state index in [1.807, 2.05) is 18.2 Å². The Bertz CT molecular complexity index is 472. The second kappa shape index (κ2) is 5.82. The molecule has 0 radical (unpaired) electrons. The minimum atomic E-state index is 0.126. The Kier molecular flexibility index (Phi) is 4.08. The van der Waals surface area contributed by atoms with Crippen LogP contribution >= 0.6 is 11.6 Å². The molecule has 20 heavy (non-hydrogen) atoms. The number of methoxy groups -OCH3 is 1. The van der Waals surface area contributed by atoms with Crippen molar-refractivity contribution >= 4 is 17.3 Å². The van der Waals surface area contributed by atoms with Crippen LogP contribution in [-0.2, 0) is 4.74 Å². The number of anilines is 1. The summed E-state index contributed by atoms with van der Waals surface area (Å²) in [7, 11) is 1.68. The van der Waals surface area contributed by atoms with Crippen LogP contribution in [0.3, 0.4) is 0 Å². The fourth-order valence-corrected chi connectivity index (χ4v) is 3.65. The first-order valence-corrected chi connectivity index (χ1v) is 7.83. The van der Waals surface area contributed by atoms with Crippen molar-refractivity contribution in [1.29, 1.82) is 0 Å². The van der Waals surface area contributed by atoms with Gasteiger partial charge in [0.25, 0.3) is 0 Å². The Balaban J connectivity index is 1.71. The molecule has 1 N–H and O–H groups in total. The highest BCUT2D eigenvalue weighted by atomic mass is 35.5. The molecule has 1 atom stereocenters. The lowest BCUT2D eigenvalue weighted by Crippen LogP contribution is -2.42. The van der Waals surface area contributed by atoms with E-state index in [2.05, 4.69) is 5.32 Å². The largest absolute Gasteiger partial charge is 0.497 e. The summed E-state index contributed by atoms with van der Waals surface area (Å²) in [4.78, 5) is 0. The van der Waals surface area contributed by atoms with Gasteiger partial charge in [-0.3, -0.25) is 0 Å². The quantitative estimate of drug-likeness (QED) is 0.904. The van der Waals surface area contributed by atoms with E-state index in [1.54, 1.807) is 7.11 Å². The molecule has 1 aliphatic carbocycles. The van der Waals surface area contributed by atoms with Crippen molar-refractivity contribution in [2.24, 2.45) is 0 Å². The summed E-state index contributed by atoms with van der Waals surface area (Å²) < 4.78 is 11.3. The standard InChI is InChI=1S/C16H22ClNO2/c1-19-13-4-5-14(17)15(10-13)18-12-6-9-20-16(11-12)7-2-3-8-16/h4-5,10,12,18H,2-3,6-9,11H2,1H3. The van der Waals surface area contributed by atoms with Crippen molar-refractivity contribution < 1.29 is 9.47 Å². The van der Waals surface area contributed by atoms with Crippen LogP contribution in [0.1, 0.15) is 38.5 Å². The zero-order valence-electron chi connectivity index (χ0n) is 12.0. The van der Waals surface area contributed by atoms with Gasteiger partial charge in [-0.2, -0.15) is 0 Å². The SMILES string of the molecule is COc1ccc(Cl)c(NC2CCOC3(CCCC3)C2)c1. The predicted octanol–water partition coefficient (Wildman–Crippen LogP) is 4.25. The van der Waals surface area contributed by atoms with Crippen LogP contribution in [0.4, 0.5) is 5.69 Å². The molecule has 1 aromatic rings. The monoisotopic (exact) mass is 295 g/mol. The Morgan fingerprint density at radius 2 is 2.15 bits per heavy atom. The van der Waals surface area contributed by atoms with E-state index >= 15 is 0 Å². The van der Waals surface area contributed by atoms with Gasteiger partial charge in [-0.25, -0.2) is 0 Å². The van der Waals surface area contributed by atoms with Crippen LogP contribution < -0.4 is 10.1 Å². The molecule has 110 valence electrons. The molecule has 1 spiro atoms. The van der Waals surface area contributed by atoms with Gasteiger partial charge in [0.1, 0.15) is 5.75 Å². The van der Waals surface area contributed by atoms with Crippen LogP contribution in [0.15, 0.2) is 18.2 Å². The molecule has 3 nitrogen and oxygen atoms in total. The second-order valence-corrected chi connectivity index (χ2v) is 6.33. The number of ether oxygens (including phenoxy) is 2. The fraction of sp³-hybridized carbons (Fsp3) is 0.625. The topological polar surface area (TPSA) is 30.5 Å². The summed E-state index contributed by atoms with van der Waals surface area (Å²) in [6.45, 7) is 0.846. The summed E-state index contributed by atoms with van der Waals surface area (Å²) in [5.74, 6) is 0.833. The lowest BCUT2D eigenvalue weighted by molar-refractivity contribution is -0.0767. The van der Waals surface area contributed by atoms with E-state index in [9.17, 15) is 0 Å². The lowest BCUT2D eigenvalue weighted by atomic mass is 9.89. The summed E-state index contributed by atoms with van der Waals surface area (Å²) in [6.07, 6.45) is 7.13. The number of halogens is 1. The number of hydrogen-bond donors (Lipinski definition) is 1. The van der Waals surface area contributed by atoms with Crippen molar-refractivity contribution in [2.45, 2.75) is 50.2 Å². The molecule has 4 heteroatoms. The first-order valence-electron chi connectivity index (χ1n) is 7.45. The molecule has 1 unspecified atom stereocenters. The highest BCUT2D eigenvalue weighted by molar-refractivity contribution is 6.33. The Morgan fingerprint density at radius 3 is 2.90 bits per heavy atom. The molecule has 0 bridgehead atoms. The normalized spacial score (nSPS) is 24.8. The second-order valence-electron chi connectivity index (χ2n) is 5.92. The van der Waals surface area contributed by atoms with Gasteiger partial charge in [0.15, 0.2) is 0 Å². The van der Waals surface area contributed by atoms with E-state index < -0.39 is 0 Å². The number of nitrogens with one attached hydrogen (secondary N) is 1. The van der Waals surface area contributed by atoms with Gasteiger partial charge < -0.3 is 14.8 Å². The van der Waals surface area contributed by atoms with Gasteiger partial charge >= 0.3 is 0 Å². The lowest BCUT2D eigenvalue weighted by Gasteiger charge is -2.39. The molecular formula is C16H22ClNO2. The van der Waals surface area contributed by atoms with Crippen molar-refractivity contribution in [3.05, 3.63) is 23.2 Å². The molecule has 0 aromatic heterocycles. The molecule has 2 fully saturated rings. The molecule has 1 saturated carbocycles. The summed E-state index contributed by atoms with van der Waals surface area (Å²) in [6, 6.07) is 6.18. The predicted molar refractivity (Wildman–Crippen MR) is 81.8 cm³/mol. The Morgan fingerprint density at radius 1 is 1.35 bits per heavy atom. The third-order valence-corrected chi connectivity index (χ3v) is 4.87. The fourth-order valence-electron chi connectivity index (χ4n) is 3.48. The summed E-state index contributed by atoms with van der Waals surface area (Å²) in [5, 5.41) is 4.33. The maximum Gasteiger partial charge on any atom is 0.121 e. The molecular weight excluding hydrogens is 274 g/mol. The van der Waals surface area contributed by atoms with Crippen molar-refractivity contribution in [3.63, 3.8) is 0 Å².